The van der Waals surface area contributed by atoms with Crippen LogP contribution in [-0.4, -0.2) is 32.0 Å². The molecule has 6 heteroatoms. The lowest BCUT2D eigenvalue weighted by molar-refractivity contribution is -0.116. The monoisotopic (exact) mass is 415 g/mol. The van der Waals surface area contributed by atoms with Crippen LogP contribution in [0.4, 0.5) is 0 Å². The van der Waals surface area contributed by atoms with E-state index in [0.717, 1.165) is 10.0 Å². The van der Waals surface area contributed by atoms with Gasteiger partial charge in [0, 0.05) is 16.6 Å². The van der Waals surface area contributed by atoms with Gasteiger partial charge in [0.05, 0.1) is 7.11 Å². The smallest absolute Gasteiger partial charge is 0.292 e. The number of amides is 1. The second-order valence-corrected chi connectivity index (χ2v) is 6.24. The zero-order valence-corrected chi connectivity index (χ0v) is 15.8. The van der Waals surface area contributed by atoms with Gasteiger partial charge in [0.15, 0.2) is 11.5 Å². The predicted molar refractivity (Wildman–Crippen MR) is 103 cm³/mol. The fourth-order valence-corrected chi connectivity index (χ4v) is 2.50. The number of rotatable bonds is 8. The Labute approximate surface area is 160 Å². The third-order valence-corrected chi connectivity index (χ3v) is 4.08. The van der Waals surface area contributed by atoms with Crippen LogP contribution in [0.1, 0.15) is 15.9 Å². The Morgan fingerprint density at radius 3 is 2.54 bits per heavy atom. The highest BCUT2D eigenvalue weighted by Crippen LogP contribution is 2.28. The molecule has 2 aromatic rings. The van der Waals surface area contributed by atoms with E-state index in [1.807, 2.05) is 12.1 Å². The van der Waals surface area contributed by atoms with Crippen LogP contribution < -0.4 is 14.8 Å². The van der Waals surface area contributed by atoms with Crippen LogP contribution in [-0.2, 0) is 11.2 Å². The quantitative estimate of drug-likeness (QED) is 0.408. The van der Waals surface area contributed by atoms with E-state index in [1.54, 1.807) is 37.4 Å². The van der Waals surface area contributed by atoms with Crippen molar-refractivity contribution in [3.05, 3.63) is 58.1 Å². The standard InChI is InChI=1S/C20H18BrNO4/c1-3-12-26-17-9-4-14(13-18(17)25-2)10-11-22-20(24)19(23)15-5-7-16(21)8-6-15/h1,4-9,13H,10-12H2,2H3,(H,22,24). The summed E-state index contributed by atoms with van der Waals surface area (Å²) >= 11 is 3.29. The molecule has 0 fully saturated rings. The first-order chi connectivity index (χ1) is 12.5. The summed E-state index contributed by atoms with van der Waals surface area (Å²) in [7, 11) is 1.54. The number of halogens is 1. The van der Waals surface area contributed by atoms with Crippen LogP contribution in [0.3, 0.4) is 0 Å². The molecule has 1 N–H and O–H groups in total. The molecule has 0 spiro atoms. The molecule has 0 aromatic heterocycles. The van der Waals surface area contributed by atoms with Gasteiger partial charge in [-0.3, -0.25) is 9.59 Å². The van der Waals surface area contributed by atoms with Crippen molar-refractivity contribution in [2.45, 2.75) is 6.42 Å². The Morgan fingerprint density at radius 2 is 1.88 bits per heavy atom. The number of ether oxygens (including phenoxy) is 2. The zero-order chi connectivity index (χ0) is 18.9. The molecule has 134 valence electrons. The highest BCUT2D eigenvalue weighted by atomic mass is 79.9. The van der Waals surface area contributed by atoms with Gasteiger partial charge in [-0.05, 0) is 48.4 Å². The molecule has 26 heavy (non-hydrogen) atoms. The minimum Gasteiger partial charge on any atom is -0.493 e. The van der Waals surface area contributed by atoms with Gasteiger partial charge < -0.3 is 14.8 Å². The molecule has 0 aliphatic carbocycles. The number of carbonyl (C=O) groups is 2. The van der Waals surface area contributed by atoms with E-state index in [-0.39, 0.29) is 6.61 Å². The summed E-state index contributed by atoms with van der Waals surface area (Å²) in [6.45, 7) is 0.485. The second-order valence-electron chi connectivity index (χ2n) is 5.32. The lowest BCUT2D eigenvalue weighted by Crippen LogP contribution is -2.32. The molecule has 2 aromatic carbocycles. The van der Waals surface area contributed by atoms with Crippen LogP contribution >= 0.6 is 15.9 Å². The van der Waals surface area contributed by atoms with Gasteiger partial charge in [-0.1, -0.05) is 27.9 Å². The van der Waals surface area contributed by atoms with Crippen LogP contribution in [0.25, 0.3) is 0 Å². The number of hydrogen-bond acceptors (Lipinski definition) is 4. The number of carbonyl (C=O) groups excluding carboxylic acids is 2. The highest BCUT2D eigenvalue weighted by Gasteiger charge is 2.15. The minimum atomic E-state index is -0.631. The molecule has 0 saturated carbocycles. The zero-order valence-electron chi connectivity index (χ0n) is 14.3. The summed E-state index contributed by atoms with van der Waals surface area (Å²) in [5, 5.41) is 2.63. The van der Waals surface area contributed by atoms with Gasteiger partial charge in [0.25, 0.3) is 5.91 Å². The van der Waals surface area contributed by atoms with E-state index in [4.69, 9.17) is 15.9 Å². The molecule has 0 bridgehead atoms. The summed E-state index contributed by atoms with van der Waals surface area (Å²) in [5.74, 6) is 2.33. The van der Waals surface area contributed by atoms with Crippen molar-refractivity contribution < 1.29 is 19.1 Å². The third-order valence-electron chi connectivity index (χ3n) is 3.55. The minimum absolute atomic E-state index is 0.157. The van der Waals surface area contributed by atoms with E-state index < -0.39 is 11.7 Å². The normalized spacial score (nSPS) is 9.88. The van der Waals surface area contributed by atoms with Crippen molar-refractivity contribution in [1.29, 1.82) is 0 Å². The van der Waals surface area contributed by atoms with Crippen molar-refractivity contribution >= 4 is 27.6 Å². The number of methoxy groups -OCH3 is 1. The molecule has 0 saturated heterocycles. The van der Waals surface area contributed by atoms with Gasteiger partial charge in [0.1, 0.15) is 6.61 Å². The Kier molecular flexibility index (Phi) is 7.24. The van der Waals surface area contributed by atoms with Crippen molar-refractivity contribution in [2.24, 2.45) is 0 Å². The Morgan fingerprint density at radius 1 is 1.15 bits per heavy atom. The molecule has 0 atom stereocenters. The SMILES string of the molecule is C#CCOc1ccc(CCNC(=O)C(=O)c2ccc(Br)cc2)cc1OC. The lowest BCUT2D eigenvalue weighted by atomic mass is 10.1. The van der Waals surface area contributed by atoms with Crippen LogP contribution in [0.15, 0.2) is 46.9 Å². The Balaban J connectivity index is 1.90. The number of terminal acetylenes is 1. The highest BCUT2D eigenvalue weighted by molar-refractivity contribution is 9.10. The van der Waals surface area contributed by atoms with Crippen LogP contribution in [0.5, 0.6) is 11.5 Å². The van der Waals surface area contributed by atoms with Gasteiger partial charge in [-0.2, -0.15) is 0 Å². The maximum atomic E-state index is 12.1. The van der Waals surface area contributed by atoms with Gasteiger partial charge in [0.2, 0.25) is 5.78 Å². The summed E-state index contributed by atoms with van der Waals surface area (Å²) in [5.41, 5.74) is 1.29. The molecule has 0 radical (unpaired) electrons. The van der Waals surface area contributed by atoms with Crippen molar-refractivity contribution in [3.8, 4) is 23.8 Å². The van der Waals surface area contributed by atoms with Crippen molar-refractivity contribution in [1.82, 2.24) is 5.32 Å². The maximum absolute atomic E-state index is 12.1. The molecule has 0 aliphatic rings. The average Bonchev–Trinajstić information content (AvgIpc) is 2.66. The molecular formula is C20H18BrNO4. The van der Waals surface area contributed by atoms with Gasteiger partial charge in [-0.25, -0.2) is 0 Å². The number of benzene rings is 2. The molecule has 0 unspecified atom stereocenters. The summed E-state index contributed by atoms with van der Waals surface area (Å²) in [4.78, 5) is 24.0. The lowest BCUT2D eigenvalue weighted by Gasteiger charge is -2.11. The van der Waals surface area contributed by atoms with E-state index in [1.165, 1.54) is 0 Å². The largest absolute Gasteiger partial charge is 0.493 e. The average molecular weight is 416 g/mol. The van der Waals surface area contributed by atoms with E-state index in [2.05, 4.69) is 27.2 Å². The van der Waals surface area contributed by atoms with Crippen molar-refractivity contribution in [2.75, 3.05) is 20.3 Å². The van der Waals surface area contributed by atoms with Crippen LogP contribution in [0.2, 0.25) is 0 Å². The molecule has 1 amide bonds. The first kappa shape index (κ1) is 19.5. The summed E-state index contributed by atoms with van der Waals surface area (Å²) in [6.07, 6.45) is 5.73. The molecule has 0 heterocycles. The topological polar surface area (TPSA) is 64.6 Å². The Hall–Kier alpha value is -2.78. The number of hydrogen-bond donors (Lipinski definition) is 1. The molecule has 2 rings (SSSR count). The maximum Gasteiger partial charge on any atom is 0.292 e. The van der Waals surface area contributed by atoms with Gasteiger partial charge in [-0.15, -0.1) is 6.42 Å². The predicted octanol–water partition coefficient (Wildman–Crippen LogP) is 3.01. The number of Topliss-reactive ketones (excluding diaryl/α,β-unsaturated/α-hetero) is 1. The first-order valence-corrected chi connectivity index (χ1v) is 8.65. The number of ketones is 1. The molecular weight excluding hydrogens is 398 g/mol. The van der Waals surface area contributed by atoms with Crippen LogP contribution in [0, 0.1) is 12.3 Å². The van der Waals surface area contributed by atoms with Gasteiger partial charge >= 0.3 is 0 Å². The fraction of sp³-hybridized carbons (Fsp3) is 0.200. The molecule has 0 aliphatic heterocycles. The van der Waals surface area contributed by atoms with E-state index in [0.29, 0.717) is 30.0 Å². The summed E-state index contributed by atoms with van der Waals surface area (Å²) in [6, 6.07) is 12.1. The first-order valence-electron chi connectivity index (χ1n) is 7.86. The fourth-order valence-electron chi connectivity index (χ4n) is 2.24. The Bertz CT molecular complexity index is 825. The summed E-state index contributed by atoms with van der Waals surface area (Å²) < 4.78 is 11.5. The van der Waals surface area contributed by atoms with E-state index in [9.17, 15) is 9.59 Å². The third kappa shape index (κ3) is 5.36. The van der Waals surface area contributed by atoms with Crippen molar-refractivity contribution in [3.63, 3.8) is 0 Å². The number of nitrogens with one attached hydrogen (secondary N) is 1. The van der Waals surface area contributed by atoms with E-state index >= 15 is 0 Å². The molecule has 5 nitrogen and oxygen atoms in total. The second kappa shape index (κ2) is 9.64.